The van der Waals surface area contributed by atoms with Crippen molar-refractivity contribution in [2.24, 2.45) is 0 Å². The molecule has 0 atom stereocenters. The lowest BCUT2D eigenvalue weighted by molar-refractivity contribution is 0.0525. The number of carboxylic acids is 2. The molecule has 0 bridgehead atoms. The highest BCUT2D eigenvalue weighted by molar-refractivity contribution is 7.17. The molecule has 29 heavy (non-hydrogen) atoms. The maximum absolute atomic E-state index is 12.8. The molecule has 3 rings (SSSR count). The predicted octanol–water partition coefficient (Wildman–Crippen LogP) is 3.45. The number of nitrogens with one attached hydrogen (secondary N) is 1. The van der Waals surface area contributed by atoms with E-state index in [2.05, 4.69) is 5.32 Å². The average molecular weight is 417 g/mol. The number of aromatic carboxylic acids is 2. The van der Waals surface area contributed by atoms with Crippen molar-refractivity contribution in [1.82, 2.24) is 0 Å². The number of esters is 1. The quantitative estimate of drug-likeness (QED) is 0.614. The molecule has 2 aromatic rings. The number of rotatable bonds is 6. The van der Waals surface area contributed by atoms with E-state index in [0.717, 1.165) is 47.9 Å². The number of amides is 1. The van der Waals surface area contributed by atoms with Gasteiger partial charge < -0.3 is 20.3 Å². The van der Waals surface area contributed by atoms with E-state index in [0.29, 0.717) is 17.0 Å². The van der Waals surface area contributed by atoms with Gasteiger partial charge in [-0.15, -0.1) is 11.3 Å². The third kappa shape index (κ3) is 4.14. The van der Waals surface area contributed by atoms with Crippen LogP contribution in [0.2, 0.25) is 0 Å². The molecule has 0 radical (unpaired) electrons. The zero-order chi connectivity index (χ0) is 21.1. The summed E-state index contributed by atoms with van der Waals surface area (Å²) in [7, 11) is 0. The number of ether oxygens (including phenoxy) is 1. The molecule has 1 aromatic heterocycles. The van der Waals surface area contributed by atoms with Crippen LogP contribution in [0.5, 0.6) is 0 Å². The Morgan fingerprint density at radius 3 is 2.45 bits per heavy atom. The summed E-state index contributed by atoms with van der Waals surface area (Å²) in [4.78, 5) is 48.9. The van der Waals surface area contributed by atoms with Crippen LogP contribution >= 0.6 is 11.3 Å². The average Bonchev–Trinajstić information content (AvgIpc) is 3.05. The lowest BCUT2D eigenvalue weighted by Gasteiger charge is -2.12. The van der Waals surface area contributed by atoms with Crippen LogP contribution < -0.4 is 5.32 Å². The van der Waals surface area contributed by atoms with Crippen molar-refractivity contribution in [3.8, 4) is 0 Å². The van der Waals surface area contributed by atoms with Crippen molar-refractivity contribution < 1.29 is 34.1 Å². The fraction of sp³-hybridized carbons (Fsp3) is 0.300. The zero-order valence-corrected chi connectivity index (χ0v) is 16.4. The number of carbonyl (C=O) groups is 4. The molecule has 8 nitrogen and oxygen atoms in total. The Hall–Kier alpha value is -3.20. The van der Waals surface area contributed by atoms with Gasteiger partial charge >= 0.3 is 17.9 Å². The molecule has 1 aromatic carbocycles. The third-order valence-corrected chi connectivity index (χ3v) is 5.83. The molecule has 152 valence electrons. The van der Waals surface area contributed by atoms with E-state index in [1.807, 2.05) is 0 Å². The Balaban J connectivity index is 1.99. The standard InChI is InChI=1S/C20H19NO7S/c1-2-28-20(27)15-12-5-3-4-6-14(12)29-17(15)21-16(22)11-8-7-10(18(23)24)9-13(11)19(25)26/h7-9H,2-6H2,1H3,(H,21,22)(H,23,24)(H,25,26). The van der Waals surface area contributed by atoms with Gasteiger partial charge in [-0.05, 0) is 56.4 Å². The number of fused-ring (bicyclic) bond motifs is 1. The van der Waals surface area contributed by atoms with Crippen LogP contribution in [0.15, 0.2) is 18.2 Å². The number of benzene rings is 1. The molecule has 1 aliphatic rings. The number of anilines is 1. The number of hydrogen-bond donors (Lipinski definition) is 3. The van der Waals surface area contributed by atoms with Gasteiger partial charge in [0, 0.05) is 4.88 Å². The fourth-order valence-electron chi connectivity index (χ4n) is 3.30. The monoisotopic (exact) mass is 417 g/mol. The smallest absolute Gasteiger partial charge is 0.341 e. The summed E-state index contributed by atoms with van der Waals surface area (Å²) < 4.78 is 5.14. The second kappa shape index (κ2) is 8.44. The topological polar surface area (TPSA) is 130 Å². The van der Waals surface area contributed by atoms with Gasteiger partial charge in [0.15, 0.2) is 0 Å². The van der Waals surface area contributed by atoms with E-state index in [1.165, 1.54) is 11.3 Å². The van der Waals surface area contributed by atoms with Gasteiger partial charge in [0.05, 0.1) is 28.9 Å². The highest BCUT2D eigenvalue weighted by Gasteiger charge is 2.28. The van der Waals surface area contributed by atoms with Crippen LogP contribution in [0.25, 0.3) is 0 Å². The van der Waals surface area contributed by atoms with E-state index in [-0.39, 0.29) is 17.7 Å². The maximum Gasteiger partial charge on any atom is 0.341 e. The van der Waals surface area contributed by atoms with Gasteiger partial charge in [-0.1, -0.05) is 0 Å². The minimum absolute atomic E-state index is 0.191. The highest BCUT2D eigenvalue weighted by atomic mass is 32.1. The van der Waals surface area contributed by atoms with Crippen LogP contribution in [0, 0.1) is 0 Å². The Labute approximate surface area is 170 Å². The molecular weight excluding hydrogens is 398 g/mol. The van der Waals surface area contributed by atoms with Crippen molar-refractivity contribution >= 4 is 40.2 Å². The molecule has 9 heteroatoms. The Kier molecular flexibility index (Phi) is 5.97. The lowest BCUT2D eigenvalue weighted by atomic mass is 9.95. The summed E-state index contributed by atoms with van der Waals surface area (Å²) in [5.74, 6) is -3.98. The van der Waals surface area contributed by atoms with Gasteiger partial charge in [-0.3, -0.25) is 4.79 Å². The van der Waals surface area contributed by atoms with Crippen LogP contribution in [0.4, 0.5) is 5.00 Å². The van der Waals surface area contributed by atoms with E-state index in [9.17, 15) is 24.3 Å². The van der Waals surface area contributed by atoms with Crippen LogP contribution in [0.3, 0.4) is 0 Å². The molecule has 3 N–H and O–H groups in total. The van der Waals surface area contributed by atoms with Gasteiger partial charge in [0.1, 0.15) is 5.00 Å². The van der Waals surface area contributed by atoms with Crippen molar-refractivity contribution in [2.45, 2.75) is 32.6 Å². The molecule has 0 saturated heterocycles. The SMILES string of the molecule is CCOC(=O)c1c(NC(=O)c2ccc(C(=O)O)cc2C(=O)O)sc2c1CCCC2. The number of thiophene rings is 1. The van der Waals surface area contributed by atoms with E-state index in [4.69, 9.17) is 9.84 Å². The first kappa shape index (κ1) is 20.5. The van der Waals surface area contributed by atoms with Crippen molar-refractivity contribution in [3.63, 3.8) is 0 Å². The molecule has 1 heterocycles. The second-order valence-corrected chi connectivity index (χ2v) is 7.57. The van der Waals surface area contributed by atoms with Crippen LogP contribution in [-0.4, -0.2) is 40.6 Å². The minimum Gasteiger partial charge on any atom is -0.478 e. The predicted molar refractivity (Wildman–Crippen MR) is 105 cm³/mol. The normalized spacial score (nSPS) is 12.7. The van der Waals surface area contributed by atoms with Gasteiger partial charge in [0.2, 0.25) is 0 Å². The van der Waals surface area contributed by atoms with E-state index < -0.39 is 29.4 Å². The number of carboxylic acid groups (broad SMARTS) is 2. The van der Waals surface area contributed by atoms with Gasteiger partial charge in [-0.2, -0.15) is 0 Å². The fourth-order valence-corrected chi connectivity index (χ4v) is 4.57. The van der Waals surface area contributed by atoms with Crippen LogP contribution in [0.1, 0.15) is 71.6 Å². The largest absolute Gasteiger partial charge is 0.478 e. The number of aryl methyl sites for hydroxylation is 1. The highest BCUT2D eigenvalue weighted by Crippen LogP contribution is 2.39. The summed E-state index contributed by atoms with van der Waals surface area (Å²) in [6.07, 6.45) is 3.44. The van der Waals surface area contributed by atoms with Crippen molar-refractivity contribution in [2.75, 3.05) is 11.9 Å². The third-order valence-electron chi connectivity index (χ3n) is 4.62. The molecule has 0 unspecified atom stereocenters. The summed E-state index contributed by atoms with van der Waals surface area (Å²) in [5.41, 5.74) is 0.330. The maximum atomic E-state index is 12.8. The van der Waals surface area contributed by atoms with E-state index >= 15 is 0 Å². The Morgan fingerprint density at radius 1 is 1.07 bits per heavy atom. The Morgan fingerprint density at radius 2 is 1.79 bits per heavy atom. The molecule has 0 aliphatic heterocycles. The van der Waals surface area contributed by atoms with Gasteiger partial charge in [-0.25, -0.2) is 14.4 Å². The molecule has 1 amide bonds. The molecule has 0 fully saturated rings. The zero-order valence-electron chi connectivity index (χ0n) is 15.6. The first-order valence-electron chi connectivity index (χ1n) is 9.07. The summed E-state index contributed by atoms with van der Waals surface area (Å²) in [6.45, 7) is 1.88. The summed E-state index contributed by atoms with van der Waals surface area (Å²) >= 11 is 1.29. The van der Waals surface area contributed by atoms with E-state index in [1.54, 1.807) is 6.92 Å². The van der Waals surface area contributed by atoms with Crippen molar-refractivity contribution in [1.29, 1.82) is 0 Å². The first-order valence-corrected chi connectivity index (χ1v) is 9.88. The lowest BCUT2D eigenvalue weighted by Crippen LogP contribution is -2.19. The molecular formula is C20H19NO7S. The molecule has 0 spiro atoms. The molecule has 1 aliphatic carbocycles. The minimum atomic E-state index is -1.42. The summed E-state index contributed by atoms with van der Waals surface area (Å²) in [6, 6.07) is 3.25. The molecule has 0 saturated carbocycles. The number of hydrogen-bond acceptors (Lipinski definition) is 6. The summed E-state index contributed by atoms with van der Waals surface area (Å²) in [5, 5.41) is 21.4. The Bertz CT molecular complexity index is 1010. The second-order valence-electron chi connectivity index (χ2n) is 6.46. The van der Waals surface area contributed by atoms with Gasteiger partial charge in [0.25, 0.3) is 5.91 Å². The number of carbonyl (C=O) groups excluding carboxylic acids is 2. The first-order chi connectivity index (χ1) is 13.8. The van der Waals surface area contributed by atoms with Crippen molar-refractivity contribution in [3.05, 3.63) is 50.9 Å². The van der Waals surface area contributed by atoms with Crippen LogP contribution in [-0.2, 0) is 17.6 Å².